The van der Waals surface area contributed by atoms with Crippen molar-refractivity contribution in [1.82, 2.24) is 5.43 Å². The van der Waals surface area contributed by atoms with E-state index in [-0.39, 0.29) is 5.91 Å². The van der Waals surface area contributed by atoms with Crippen LogP contribution in [0.15, 0.2) is 46.0 Å². The molecular formula is C12H12N2OS2. The summed E-state index contributed by atoms with van der Waals surface area (Å²) in [6.45, 7) is 0. The average molecular weight is 264 g/mol. The van der Waals surface area contributed by atoms with Gasteiger partial charge in [-0.3, -0.25) is 10.2 Å². The van der Waals surface area contributed by atoms with E-state index in [9.17, 15) is 4.79 Å². The van der Waals surface area contributed by atoms with Gasteiger partial charge in [0.1, 0.15) is 0 Å². The molecule has 2 aromatic rings. The summed E-state index contributed by atoms with van der Waals surface area (Å²) in [6, 6.07) is 11.6. The lowest BCUT2D eigenvalue weighted by atomic mass is 10.1. The van der Waals surface area contributed by atoms with Crippen LogP contribution in [0, 0.1) is 0 Å². The van der Waals surface area contributed by atoms with Gasteiger partial charge in [-0.15, -0.1) is 23.1 Å². The summed E-state index contributed by atoms with van der Waals surface area (Å²) < 4.78 is 1.28. The van der Waals surface area contributed by atoms with Crippen molar-refractivity contribution in [3.05, 3.63) is 52.9 Å². The highest BCUT2D eigenvalue weighted by Gasteiger charge is 2.04. The Labute approximate surface area is 108 Å². The summed E-state index contributed by atoms with van der Waals surface area (Å²) in [6.07, 6.45) is 0. The second-order valence-electron chi connectivity index (χ2n) is 3.39. The molecule has 17 heavy (non-hydrogen) atoms. The number of carbonyl (C=O) groups excluding carboxylic acids is 1. The van der Waals surface area contributed by atoms with E-state index in [2.05, 4.69) is 16.9 Å². The van der Waals surface area contributed by atoms with Gasteiger partial charge in [0.05, 0.1) is 4.21 Å². The molecule has 0 aliphatic heterocycles. The lowest BCUT2D eigenvalue weighted by Crippen LogP contribution is -2.29. The normalized spacial score (nSPS) is 10.2. The van der Waals surface area contributed by atoms with Gasteiger partial charge in [0, 0.05) is 11.3 Å². The largest absolute Gasteiger partial charge is 0.290 e. The molecule has 0 spiro atoms. The second-order valence-corrected chi connectivity index (χ2v) is 5.62. The zero-order chi connectivity index (χ0) is 12.1. The SMILES string of the molecule is NNC(=O)c1cccc(CSc2cccs2)c1. The minimum Gasteiger partial charge on any atom is -0.290 e. The average Bonchev–Trinajstić information content (AvgIpc) is 2.89. The molecule has 0 atom stereocenters. The predicted octanol–water partition coefficient (Wildman–Crippen LogP) is 2.64. The molecule has 2 rings (SSSR count). The molecule has 1 amide bonds. The van der Waals surface area contributed by atoms with Crippen LogP contribution >= 0.6 is 23.1 Å². The number of thiophene rings is 1. The first kappa shape index (κ1) is 12.2. The van der Waals surface area contributed by atoms with Crippen molar-refractivity contribution >= 4 is 29.0 Å². The smallest absolute Gasteiger partial charge is 0.265 e. The van der Waals surface area contributed by atoms with E-state index in [1.165, 1.54) is 4.21 Å². The van der Waals surface area contributed by atoms with Crippen molar-refractivity contribution in [1.29, 1.82) is 0 Å². The zero-order valence-corrected chi connectivity index (χ0v) is 10.7. The topological polar surface area (TPSA) is 55.1 Å². The van der Waals surface area contributed by atoms with Crippen LogP contribution < -0.4 is 11.3 Å². The molecule has 1 aromatic heterocycles. The van der Waals surface area contributed by atoms with Gasteiger partial charge in [-0.05, 0) is 29.1 Å². The first-order chi connectivity index (χ1) is 8.29. The molecule has 0 aliphatic carbocycles. The van der Waals surface area contributed by atoms with Gasteiger partial charge < -0.3 is 0 Å². The Morgan fingerprint density at radius 3 is 2.94 bits per heavy atom. The van der Waals surface area contributed by atoms with Crippen molar-refractivity contribution in [2.45, 2.75) is 9.96 Å². The van der Waals surface area contributed by atoms with Crippen LogP contribution in [0.25, 0.3) is 0 Å². The van der Waals surface area contributed by atoms with Gasteiger partial charge in [0.15, 0.2) is 0 Å². The van der Waals surface area contributed by atoms with Crippen molar-refractivity contribution in [2.75, 3.05) is 0 Å². The van der Waals surface area contributed by atoms with E-state index in [4.69, 9.17) is 5.84 Å². The van der Waals surface area contributed by atoms with E-state index < -0.39 is 0 Å². The number of thioether (sulfide) groups is 1. The Hall–Kier alpha value is -1.30. The van der Waals surface area contributed by atoms with Crippen LogP contribution in [0.4, 0.5) is 0 Å². The van der Waals surface area contributed by atoms with Crippen LogP contribution in [-0.2, 0) is 5.75 Å². The molecule has 0 aliphatic rings. The van der Waals surface area contributed by atoms with Crippen molar-refractivity contribution in [2.24, 2.45) is 5.84 Å². The number of rotatable bonds is 4. The van der Waals surface area contributed by atoms with Gasteiger partial charge in [-0.25, -0.2) is 5.84 Å². The van der Waals surface area contributed by atoms with Gasteiger partial charge in [0.2, 0.25) is 0 Å². The molecule has 1 aromatic carbocycles. The lowest BCUT2D eigenvalue weighted by molar-refractivity contribution is 0.0953. The predicted molar refractivity (Wildman–Crippen MR) is 72.0 cm³/mol. The third-order valence-electron chi connectivity index (χ3n) is 2.20. The first-order valence-electron chi connectivity index (χ1n) is 5.06. The van der Waals surface area contributed by atoms with Crippen LogP contribution in [0.1, 0.15) is 15.9 Å². The van der Waals surface area contributed by atoms with Gasteiger partial charge >= 0.3 is 0 Å². The molecule has 0 bridgehead atoms. The fourth-order valence-corrected chi connectivity index (χ4v) is 3.11. The van der Waals surface area contributed by atoms with Crippen LogP contribution in [0.2, 0.25) is 0 Å². The van der Waals surface area contributed by atoms with E-state index in [0.717, 1.165) is 11.3 Å². The van der Waals surface area contributed by atoms with E-state index >= 15 is 0 Å². The number of benzene rings is 1. The number of nitrogen functional groups attached to an aromatic ring is 1. The molecule has 0 fully saturated rings. The maximum absolute atomic E-state index is 11.4. The molecule has 1 heterocycles. The lowest BCUT2D eigenvalue weighted by Gasteiger charge is -2.03. The number of amides is 1. The van der Waals surface area contributed by atoms with E-state index in [1.54, 1.807) is 29.2 Å². The number of hydrazine groups is 1. The third-order valence-corrected chi connectivity index (χ3v) is 4.40. The van der Waals surface area contributed by atoms with E-state index in [1.807, 2.05) is 24.3 Å². The third kappa shape index (κ3) is 3.33. The molecule has 0 saturated carbocycles. The van der Waals surface area contributed by atoms with Gasteiger partial charge in [0.25, 0.3) is 5.91 Å². The molecule has 0 saturated heterocycles. The highest BCUT2D eigenvalue weighted by atomic mass is 32.2. The van der Waals surface area contributed by atoms with Gasteiger partial charge in [-0.2, -0.15) is 0 Å². The summed E-state index contributed by atoms with van der Waals surface area (Å²) in [5.41, 5.74) is 3.84. The molecule has 0 radical (unpaired) electrons. The minimum absolute atomic E-state index is 0.257. The Bertz CT molecular complexity index is 497. The van der Waals surface area contributed by atoms with Gasteiger partial charge in [-0.1, -0.05) is 18.2 Å². The first-order valence-corrected chi connectivity index (χ1v) is 6.92. The van der Waals surface area contributed by atoms with Crippen molar-refractivity contribution in [3.63, 3.8) is 0 Å². The Kier molecular flexibility index (Phi) is 4.19. The quantitative estimate of drug-likeness (QED) is 0.386. The molecule has 3 N–H and O–H groups in total. The standard InChI is InChI=1S/C12H12N2OS2/c13-14-12(15)10-4-1-3-9(7-10)8-17-11-5-2-6-16-11/h1-7H,8,13H2,(H,14,15). The molecule has 5 heteroatoms. The fourth-order valence-electron chi connectivity index (χ4n) is 1.39. The number of nitrogens with one attached hydrogen (secondary N) is 1. The van der Waals surface area contributed by atoms with E-state index in [0.29, 0.717) is 5.56 Å². The van der Waals surface area contributed by atoms with Crippen LogP contribution in [0.3, 0.4) is 0 Å². The summed E-state index contributed by atoms with van der Waals surface area (Å²) in [5, 5.41) is 2.06. The van der Waals surface area contributed by atoms with Crippen LogP contribution in [0.5, 0.6) is 0 Å². The maximum Gasteiger partial charge on any atom is 0.265 e. The highest BCUT2D eigenvalue weighted by molar-refractivity contribution is 8.00. The van der Waals surface area contributed by atoms with Crippen LogP contribution in [-0.4, -0.2) is 5.91 Å². The fraction of sp³-hybridized carbons (Fsp3) is 0.0833. The summed E-state index contributed by atoms with van der Waals surface area (Å²) in [5.74, 6) is 5.70. The molecule has 0 unspecified atom stereocenters. The monoisotopic (exact) mass is 264 g/mol. The number of hydrogen-bond donors (Lipinski definition) is 2. The highest BCUT2D eigenvalue weighted by Crippen LogP contribution is 2.27. The minimum atomic E-state index is -0.257. The summed E-state index contributed by atoms with van der Waals surface area (Å²) >= 11 is 3.48. The molecular weight excluding hydrogens is 252 g/mol. The summed E-state index contributed by atoms with van der Waals surface area (Å²) in [4.78, 5) is 11.4. The van der Waals surface area contributed by atoms with Crippen molar-refractivity contribution < 1.29 is 4.79 Å². The zero-order valence-electron chi connectivity index (χ0n) is 9.05. The number of nitrogens with two attached hydrogens (primary N) is 1. The number of hydrogen-bond acceptors (Lipinski definition) is 4. The molecule has 88 valence electrons. The molecule has 3 nitrogen and oxygen atoms in total. The van der Waals surface area contributed by atoms with Crippen molar-refractivity contribution in [3.8, 4) is 0 Å². The Morgan fingerprint density at radius 1 is 1.35 bits per heavy atom. The summed E-state index contributed by atoms with van der Waals surface area (Å²) in [7, 11) is 0. The second kappa shape index (κ2) is 5.86. The number of carbonyl (C=O) groups is 1. The maximum atomic E-state index is 11.4. The Morgan fingerprint density at radius 2 is 2.24 bits per heavy atom. The Balaban J connectivity index is 2.03.